The summed E-state index contributed by atoms with van der Waals surface area (Å²) in [6.07, 6.45) is 0. The van der Waals surface area contributed by atoms with Crippen LogP contribution < -0.4 is 5.32 Å². The average Bonchev–Trinajstić information content (AvgIpc) is 2.75. The molecule has 0 aromatic heterocycles. The van der Waals surface area contributed by atoms with Crippen molar-refractivity contribution in [2.24, 2.45) is 0 Å². The van der Waals surface area contributed by atoms with Crippen LogP contribution in [0, 0.1) is 6.92 Å². The Hall–Kier alpha value is -3.44. The first kappa shape index (κ1) is 22.8. The fraction of sp³-hybridized carbons (Fsp3) is 0.200. The normalized spacial score (nSPS) is 12.2. The first-order valence-electron chi connectivity index (χ1n) is 9.72. The molecule has 3 aromatic rings. The minimum Gasteiger partial charge on any atom is -0.478 e. The predicted octanol–water partition coefficient (Wildman–Crippen LogP) is 5.49. The molecule has 0 heterocycles. The van der Waals surface area contributed by atoms with Gasteiger partial charge in [-0.15, -0.1) is 0 Å². The highest BCUT2D eigenvalue weighted by atomic mass is 16.4. The summed E-state index contributed by atoms with van der Waals surface area (Å²) in [5.41, 5.74) is 3.59. The summed E-state index contributed by atoms with van der Waals surface area (Å²) in [5, 5.41) is 20.7. The lowest BCUT2D eigenvalue weighted by Crippen LogP contribution is -2.22. The fourth-order valence-corrected chi connectivity index (χ4v) is 3.02. The second-order valence-electron chi connectivity index (χ2n) is 7.09. The van der Waals surface area contributed by atoms with E-state index in [-0.39, 0.29) is 11.1 Å². The van der Waals surface area contributed by atoms with E-state index in [2.05, 4.69) is 80.7 Å². The largest absolute Gasteiger partial charge is 0.478 e. The van der Waals surface area contributed by atoms with E-state index >= 15 is 0 Å². The van der Waals surface area contributed by atoms with E-state index in [0.717, 1.165) is 0 Å². The van der Waals surface area contributed by atoms with Crippen LogP contribution in [0.15, 0.2) is 78.9 Å². The van der Waals surface area contributed by atoms with Gasteiger partial charge in [-0.05, 0) is 44.0 Å². The van der Waals surface area contributed by atoms with E-state index in [0.29, 0.717) is 12.1 Å². The number of aryl methyl sites for hydroxylation is 1. The Morgan fingerprint density at radius 3 is 1.50 bits per heavy atom. The Balaban J connectivity index is 0.000000232. The third-order valence-electron chi connectivity index (χ3n) is 4.76. The quantitative estimate of drug-likeness (QED) is 0.505. The van der Waals surface area contributed by atoms with Gasteiger partial charge in [0.15, 0.2) is 0 Å². The SMILES string of the molecule is Cc1ccc(C(C)N[C@H](C)c2ccccc2)cc1.O=C(O)c1ccccc1C(=O)O. The molecule has 5 heteroatoms. The molecule has 2 atom stereocenters. The van der Waals surface area contributed by atoms with Gasteiger partial charge in [0.1, 0.15) is 0 Å². The molecule has 0 saturated carbocycles. The zero-order valence-corrected chi connectivity index (χ0v) is 17.4. The first-order valence-corrected chi connectivity index (χ1v) is 9.72. The lowest BCUT2D eigenvalue weighted by Gasteiger charge is -2.21. The Bertz CT molecular complexity index is 935. The molecule has 0 radical (unpaired) electrons. The number of benzene rings is 3. The van der Waals surface area contributed by atoms with Crippen molar-refractivity contribution in [1.82, 2.24) is 5.32 Å². The fourth-order valence-electron chi connectivity index (χ4n) is 3.02. The lowest BCUT2D eigenvalue weighted by molar-refractivity contribution is 0.0651. The Kier molecular flexibility index (Phi) is 8.32. The number of nitrogens with one attached hydrogen (secondary N) is 1. The highest BCUT2D eigenvalue weighted by Gasteiger charge is 2.13. The predicted molar refractivity (Wildman–Crippen MR) is 118 cm³/mol. The van der Waals surface area contributed by atoms with Gasteiger partial charge in [0.25, 0.3) is 0 Å². The van der Waals surface area contributed by atoms with Crippen molar-refractivity contribution < 1.29 is 19.8 Å². The number of hydrogen-bond acceptors (Lipinski definition) is 3. The maximum atomic E-state index is 10.5. The third kappa shape index (κ3) is 6.57. The van der Waals surface area contributed by atoms with Gasteiger partial charge in [0.2, 0.25) is 0 Å². The molecule has 1 unspecified atom stereocenters. The van der Waals surface area contributed by atoms with Crippen molar-refractivity contribution in [2.75, 3.05) is 0 Å². The van der Waals surface area contributed by atoms with E-state index in [1.165, 1.54) is 41.0 Å². The maximum Gasteiger partial charge on any atom is 0.336 e. The number of hydrogen-bond donors (Lipinski definition) is 3. The second kappa shape index (κ2) is 10.9. The van der Waals surface area contributed by atoms with Gasteiger partial charge in [0.05, 0.1) is 11.1 Å². The second-order valence-corrected chi connectivity index (χ2v) is 7.09. The van der Waals surface area contributed by atoms with Gasteiger partial charge < -0.3 is 15.5 Å². The average molecular weight is 405 g/mol. The summed E-state index contributed by atoms with van der Waals surface area (Å²) in [5.74, 6) is -2.46. The number of carboxylic acids is 2. The molecule has 5 nitrogen and oxygen atoms in total. The maximum absolute atomic E-state index is 10.5. The Labute approximate surface area is 177 Å². The molecule has 0 saturated heterocycles. The molecule has 0 bridgehead atoms. The van der Waals surface area contributed by atoms with Gasteiger partial charge in [-0.2, -0.15) is 0 Å². The Morgan fingerprint density at radius 1 is 0.667 bits per heavy atom. The molecule has 3 aromatic carbocycles. The lowest BCUT2D eigenvalue weighted by atomic mass is 10.0. The first-order chi connectivity index (χ1) is 14.3. The summed E-state index contributed by atoms with van der Waals surface area (Å²) < 4.78 is 0. The zero-order valence-electron chi connectivity index (χ0n) is 17.4. The van der Waals surface area contributed by atoms with Crippen LogP contribution in [-0.2, 0) is 0 Å². The molecule has 0 fully saturated rings. The van der Waals surface area contributed by atoms with E-state index in [4.69, 9.17) is 10.2 Å². The molecule has 0 aliphatic heterocycles. The van der Waals surface area contributed by atoms with E-state index < -0.39 is 11.9 Å². The summed E-state index contributed by atoms with van der Waals surface area (Å²) in [4.78, 5) is 20.9. The van der Waals surface area contributed by atoms with Crippen LogP contribution in [0.1, 0.15) is 63.3 Å². The van der Waals surface area contributed by atoms with Crippen molar-refractivity contribution in [3.05, 3.63) is 107 Å². The van der Waals surface area contributed by atoms with Gasteiger partial charge in [0, 0.05) is 12.1 Å². The molecular weight excluding hydrogens is 378 g/mol. The number of rotatable bonds is 6. The van der Waals surface area contributed by atoms with Gasteiger partial charge in [-0.25, -0.2) is 9.59 Å². The third-order valence-corrected chi connectivity index (χ3v) is 4.76. The van der Waals surface area contributed by atoms with Crippen LogP contribution in [0.25, 0.3) is 0 Å². The molecule has 0 amide bonds. The summed E-state index contributed by atoms with van der Waals surface area (Å²) >= 11 is 0. The number of aromatic carboxylic acids is 2. The van der Waals surface area contributed by atoms with Crippen LogP contribution in [0.3, 0.4) is 0 Å². The summed E-state index contributed by atoms with van der Waals surface area (Å²) in [6, 6.07) is 25.5. The minimum absolute atomic E-state index is 0.190. The van der Waals surface area contributed by atoms with Crippen LogP contribution >= 0.6 is 0 Å². The molecule has 156 valence electrons. The van der Waals surface area contributed by atoms with E-state index in [1.807, 2.05) is 0 Å². The molecule has 3 rings (SSSR count). The van der Waals surface area contributed by atoms with Crippen molar-refractivity contribution in [2.45, 2.75) is 32.9 Å². The molecule has 0 spiro atoms. The van der Waals surface area contributed by atoms with Gasteiger partial charge >= 0.3 is 11.9 Å². The smallest absolute Gasteiger partial charge is 0.336 e. The van der Waals surface area contributed by atoms with E-state index in [9.17, 15) is 9.59 Å². The molecule has 3 N–H and O–H groups in total. The topological polar surface area (TPSA) is 86.6 Å². The van der Waals surface area contributed by atoms with Crippen molar-refractivity contribution in [3.63, 3.8) is 0 Å². The van der Waals surface area contributed by atoms with Crippen molar-refractivity contribution in [1.29, 1.82) is 0 Å². The van der Waals surface area contributed by atoms with Crippen molar-refractivity contribution in [3.8, 4) is 0 Å². The molecule has 0 aliphatic rings. The molecule has 0 aliphatic carbocycles. The monoisotopic (exact) mass is 405 g/mol. The number of carboxylic acid groups (broad SMARTS) is 2. The van der Waals surface area contributed by atoms with Gasteiger partial charge in [-0.3, -0.25) is 0 Å². The molecule has 30 heavy (non-hydrogen) atoms. The van der Waals surface area contributed by atoms with Crippen molar-refractivity contribution >= 4 is 11.9 Å². The Morgan fingerprint density at radius 2 is 1.07 bits per heavy atom. The summed E-state index contributed by atoms with van der Waals surface area (Å²) in [6.45, 7) is 6.54. The standard InChI is InChI=1S/C17H21N.C8H6O4/c1-13-9-11-17(12-10-13)15(3)18-14(2)16-7-5-4-6-8-16;9-7(10)5-3-1-2-4-6(5)8(11)12/h4-12,14-15,18H,1-3H3;1-4H,(H,9,10)(H,11,12)/t14-,15?;/m1./s1. The van der Waals surface area contributed by atoms with Crippen LogP contribution in [0.5, 0.6) is 0 Å². The van der Waals surface area contributed by atoms with Crippen LogP contribution in [0.4, 0.5) is 0 Å². The van der Waals surface area contributed by atoms with Gasteiger partial charge in [-0.1, -0.05) is 72.3 Å². The van der Waals surface area contributed by atoms with Crippen LogP contribution in [0.2, 0.25) is 0 Å². The minimum atomic E-state index is -1.23. The highest BCUT2D eigenvalue weighted by Crippen LogP contribution is 2.19. The van der Waals surface area contributed by atoms with Crippen LogP contribution in [-0.4, -0.2) is 22.2 Å². The highest BCUT2D eigenvalue weighted by molar-refractivity contribution is 6.01. The molecular formula is C25H27NO4. The zero-order chi connectivity index (χ0) is 22.1. The summed E-state index contributed by atoms with van der Waals surface area (Å²) in [7, 11) is 0. The number of carbonyl (C=O) groups is 2. The van der Waals surface area contributed by atoms with E-state index in [1.54, 1.807) is 0 Å².